The normalized spacial score (nSPS) is 10.9. The first kappa shape index (κ1) is 20.7. The molecule has 1 amide bonds. The zero-order valence-electron chi connectivity index (χ0n) is 17.1. The molecule has 0 aliphatic carbocycles. The van der Waals surface area contributed by atoms with Crippen molar-refractivity contribution in [2.75, 3.05) is 0 Å². The van der Waals surface area contributed by atoms with E-state index in [2.05, 4.69) is 15.5 Å². The quantitative estimate of drug-likeness (QED) is 0.265. The summed E-state index contributed by atoms with van der Waals surface area (Å²) in [4.78, 5) is 27.2. The number of nitrogens with one attached hydrogen (secondary N) is 1. The average molecular weight is 426 g/mol. The number of amides is 1. The predicted molar refractivity (Wildman–Crippen MR) is 121 cm³/mol. The monoisotopic (exact) mass is 426 g/mol. The molecule has 0 saturated carbocycles. The molecular formula is C24H18N4O4. The minimum absolute atomic E-state index is 0.000575. The molecule has 0 spiro atoms. The maximum Gasteiger partial charge on any atom is 0.273 e. The van der Waals surface area contributed by atoms with E-state index in [1.54, 1.807) is 37.3 Å². The van der Waals surface area contributed by atoms with E-state index in [1.165, 1.54) is 30.5 Å². The Kier molecular flexibility index (Phi) is 5.85. The summed E-state index contributed by atoms with van der Waals surface area (Å²) in [6.45, 7) is 1.79. The van der Waals surface area contributed by atoms with Gasteiger partial charge >= 0.3 is 0 Å². The third-order valence-corrected chi connectivity index (χ3v) is 4.70. The number of benzene rings is 3. The molecule has 0 radical (unpaired) electrons. The van der Waals surface area contributed by atoms with Crippen LogP contribution < -0.4 is 10.2 Å². The molecule has 0 saturated heterocycles. The summed E-state index contributed by atoms with van der Waals surface area (Å²) in [6, 6.07) is 22.3. The molecule has 0 aliphatic rings. The minimum atomic E-state index is -0.464. The highest BCUT2D eigenvalue weighted by Gasteiger charge is 2.11. The fourth-order valence-corrected chi connectivity index (χ4v) is 3.06. The van der Waals surface area contributed by atoms with E-state index >= 15 is 0 Å². The van der Waals surface area contributed by atoms with Crippen LogP contribution in [0, 0.1) is 17.0 Å². The van der Waals surface area contributed by atoms with Crippen LogP contribution in [0.1, 0.15) is 21.6 Å². The Morgan fingerprint density at radius 3 is 2.38 bits per heavy atom. The number of nitrogens with zero attached hydrogens (tertiary/aromatic N) is 3. The van der Waals surface area contributed by atoms with Crippen molar-refractivity contribution < 1.29 is 14.5 Å². The number of nitro benzene ring substituents is 1. The second-order valence-corrected chi connectivity index (χ2v) is 6.94. The number of carbonyl (C=O) groups excluding carboxylic acids is 1. The highest BCUT2D eigenvalue weighted by Crippen LogP contribution is 2.24. The predicted octanol–water partition coefficient (Wildman–Crippen LogP) is 5.01. The van der Waals surface area contributed by atoms with Crippen molar-refractivity contribution in [1.82, 2.24) is 10.4 Å². The molecule has 8 nitrogen and oxygen atoms in total. The molecule has 0 aliphatic heterocycles. The molecule has 1 heterocycles. The van der Waals surface area contributed by atoms with Crippen LogP contribution in [0.4, 0.5) is 5.69 Å². The van der Waals surface area contributed by atoms with Crippen molar-refractivity contribution in [3.63, 3.8) is 0 Å². The highest BCUT2D eigenvalue weighted by molar-refractivity contribution is 5.99. The Labute approximate surface area is 183 Å². The first-order valence-electron chi connectivity index (χ1n) is 9.72. The number of aromatic nitrogens is 1. The van der Waals surface area contributed by atoms with Crippen molar-refractivity contribution in [2.45, 2.75) is 6.92 Å². The number of aryl methyl sites for hydroxylation is 1. The van der Waals surface area contributed by atoms with Crippen LogP contribution >= 0.6 is 0 Å². The Hall–Kier alpha value is -4.59. The molecule has 8 heteroatoms. The van der Waals surface area contributed by atoms with Gasteiger partial charge in [-0.05, 0) is 61.0 Å². The number of rotatable bonds is 6. The van der Waals surface area contributed by atoms with Gasteiger partial charge in [0.25, 0.3) is 11.6 Å². The number of para-hydroxylation sites is 1. The topological polar surface area (TPSA) is 107 Å². The number of non-ortho nitro benzene ring substituents is 1. The molecular weight excluding hydrogens is 408 g/mol. The van der Waals surface area contributed by atoms with Crippen molar-refractivity contribution in [2.24, 2.45) is 5.10 Å². The van der Waals surface area contributed by atoms with Crippen LogP contribution in [0.3, 0.4) is 0 Å². The number of nitro groups is 1. The van der Waals surface area contributed by atoms with Gasteiger partial charge in [-0.15, -0.1) is 0 Å². The summed E-state index contributed by atoms with van der Waals surface area (Å²) >= 11 is 0. The third kappa shape index (κ3) is 4.76. The largest absolute Gasteiger partial charge is 0.457 e. The fourth-order valence-electron chi connectivity index (χ4n) is 3.06. The smallest absolute Gasteiger partial charge is 0.273 e. The summed E-state index contributed by atoms with van der Waals surface area (Å²) in [5.41, 5.74) is 5.21. The van der Waals surface area contributed by atoms with Gasteiger partial charge in [-0.2, -0.15) is 5.10 Å². The number of hydrogen-bond donors (Lipinski definition) is 1. The third-order valence-electron chi connectivity index (χ3n) is 4.70. The molecule has 0 atom stereocenters. The Morgan fingerprint density at radius 1 is 1.03 bits per heavy atom. The van der Waals surface area contributed by atoms with Gasteiger partial charge < -0.3 is 4.74 Å². The van der Waals surface area contributed by atoms with E-state index in [0.29, 0.717) is 22.8 Å². The lowest BCUT2D eigenvalue weighted by atomic mass is 10.1. The lowest BCUT2D eigenvalue weighted by molar-refractivity contribution is -0.384. The minimum Gasteiger partial charge on any atom is -0.457 e. The van der Waals surface area contributed by atoms with Crippen LogP contribution in [0.15, 0.2) is 84.0 Å². The van der Waals surface area contributed by atoms with E-state index in [1.807, 2.05) is 24.3 Å². The molecule has 1 N–H and O–H groups in total. The zero-order valence-corrected chi connectivity index (χ0v) is 17.1. The number of pyridine rings is 1. The second kappa shape index (κ2) is 9.05. The maximum atomic E-state index is 12.5. The van der Waals surface area contributed by atoms with E-state index in [-0.39, 0.29) is 11.6 Å². The summed E-state index contributed by atoms with van der Waals surface area (Å²) in [5.74, 6) is 0.719. The van der Waals surface area contributed by atoms with Crippen molar-refractivity contribution in [1.29, 1.82) is 0 Å². The summed E-state index contributed by atoms with van der Waals surface area (Å²) in [5, 5.41) is 15.6. The second-order valence-electron chi connectivity index (χ2n) is 6.94. The van der Waals surface area contributed by atoms with E-state index in [4.69, 9.17) is 4.74 Å². The molecule has 4 aromatic rings. The van der Waals surface area contributed by atoms with Crippen LogP contribution in [-0.2, 0) is 0 Å². The van der Waals surface area contributed by atoms with Crippen molar-refractivity contribution in [3.8, 4) is 11.5 Å². The maximum absolute atomic E-state index is 12.5. The van der Waals surface area contributed by atoms with Gasteiger partial charge in [0.05, 0.1) is 27.9 Å². The average Bonchev–Trinajstić information content (AvgIpc) is 2.80. The summed E-state index contributed by atoms with van der Waals surface area (Å²) < 4.78 is 5.67. The van der Waals surface area contributed by atoms with E-state index < -0.39 is 4.92 Å². The van der Waals surface area contributed by atoms with E-state index in [9.17, 15) is 14.9 Å². The van der Waals surface area contributed by atoms with Crippen LogP contribution in [0.2, 0.25) is 0 Å². The summed E-state index contributed by atoms with van der Waals surface area (Å²) in [7, 11) is 0. The molecule has 32 heavy (non-hydrogen) atoms. The summed E-state index contributed by atoms with van der Waals surface area (Å²) in [6.07, 6.45) is 1.53. The van der Waals surface area contributed by atoms with Gasteiger partial charge in [-0.1, -0.05) is 18.2 Å². The highest BCUT2D eigenvalue weighted by atomic mass is 16.6. The molecule has 0 bridgehead atoms. The van der Waals surface area contributed by atoms with Gasteiger partial charge in [0.15, 0.2) is 0 Å². The van der Waals surface area contributed by atoms with Crippen LogP contribution in [-0.4, -0.2) is 22.0 Å². The van der Waals surface area contributed by atoms with Gasteiger partial charge in [0, 0.05) is 17.5 Å². The van der Waals surface area contributed by atoms with Crippen LogP contribution in [0.25, 0.3) is 10.9 Å². The molecule has 158 valence electrons. The van der Waals surface area contributed by atoms with Gasteiger partial charge in [0.1, 0.15) is 11.5 Å². The van der Waals surface area contributed by atoms with Gasteiger partial charge in [-0.25, -0.2) is 5.43 Å². The van der Waals surface area contributed by atoms with E-state index in [0.717, 1.165) is 16.5 Å². The molecule has 4 rings (SSSR count). The fraction of sp³-hybridized carbons (Fsp3) is 0.0417. The number of carbonyl (C=O) groups is 1. The number of fused-ring (bicyclic) bond motifs is 1. The molecule has 1 aromatic heterocycles. The Balaban J connectivity index is 1.38. The van der Waals surface area contributed by atoms with Gasteiger partial charge in [0.2, 0.25) is 0 Å². The first-order valence-corrected chi connectivity index (χ1v) is 9.72. The molecule has 0 unspecified atom stereocenters. The standard InChI is InChI=1S/C24H18N4O4/c1-16-22(14-18-4-2-3-5-23(18)26-16)24(29)27-25-15-17-6-10-20(11-7-17)32-21-12-8-19(9-13-21)28(30)31/h2-15H,1H3,(H,27,29). The van der Waals surface area contributed by atoms with Crippen molar-refractivity contribution in [3.05, 3.63) is 106 Å². The zero-order chi connectivity index (χ0) is 22.5. The number of hydrazone groups is 1. The lowest BCUT2D eigenvalue weighted by Crippen LogP contribution is -2.19. The number of ether oxygens (including phenoxy) is 1. The lowest BCUT2D eigenvalue weighted by Gasteiger charge is -2.06. The molecule has 0 fully saturated rings. The Morgan fingerprint density at radius 2 is 1.69 bits per heavy atom. The number of hydrogen-bond acceptors (Lipinski definition) is 6. The molecule has 3 aromatic carbocycles. The first-order chi connectivity index (χ1) is 15.5. The SMILES string of the molecule is Cc1nc2ccccc2cc1C(=O)NN=Cc1ccc(Oc2ccc([N+](=O)[O-])cc2)cc1. The van der Waals surface area contributed by atoms with Crippen molar-refractivity contribution >= 4 is 28.7 Å². The Bertz CT molecular complexity index is 1320. The van der Waals surface area contributed by atoms with Gasteiger partial charge in [-0.3, -0.25) is 19.9 Å². The van der Waals surface area contributed by atoms with Crippen LogP contribution in [0.5, 0.6) is 11.5 Å².